The molecular formula is C7H9ClO3S. The van der Waals surface area contributed by atoms with Crippen LogP contribution >= 0.6 is 10.7 Å². The van der Waals surface area contributed by atoms with E-state index in [0.29, 0.717) is 5.76 Å². The van der Waals surface area contributed by atoms with Crippen molar-refractivity contribution in [2.45, 2.75) is 19.1 Å². The van der Waals surface area contributed by atoms with Gasteiger partial charge >= 0.3 is 0 Å². The molecule has 3 nitrogen and oxygen atoms in total. The number of hydrogen-bond acceptors (Lipinski definition) is 3. The molecule has 0 N–H and O–H groups in total. The zero-order chi connectivity index (χ0) is 9.19. The second kappa shape index (κ2) is 3.49. The quantitative estimate of drug-likeness (QED) is 0.713. The van der Waals surface area contributed by atoms with Gasteiger partial charge in [0.25, 0.3) is 0 Å². The Morgan fingerprint density at radius 2 is 2.00 bits per heavy atom. The maximum absolute atomic E-state index is 10.6. The molecule has 1 heterocycles. The van der Waals surface area contributed by atoms with E-state index in [0.717, 1.165) is 12.2 Å². The summed E-state index contributed by atoms with van der Waals surface area (Å²) < 4.78 is 26.4. The van der Waals surface area contributed by atoms with Gasteiger partial charge in [-0.3, -0.25) is 0 Å². The first-order valence-electron chi connectivity index (χ1n) is 3.51. The lowest BCUT2D eigenvalue weighted by Gasteiger charge is -1.91. The van der Waals surface area contributed by atoms with Crippen LogP contribution in [0.2, 0.25) is 0 Å². The monoisotopic (exact) mass is 208 g/mol. The van der Waals surface area contributed by atoms with E-state index in [2.05, 4.69) is 0 Å². The molecule has 12 heavy (non-hydrogen) atoms. The molecule has 0 saturated heterocycles. The number of furan rings is 1. The van der Waals surface area contributed by atoms with Crippen molar-refractivity contribution in [3.63, 3.8) is 0 Å². The molecule has 1 rings (SSSR count). The number of aryl methyl sites for hydroxylation is 1. The molecule has 0 aliphatic rings. The third-order valence-corrected chi connectivity index (χ3v) is 2.34. The molecule has 5 heteroatoms. The van der Waals surface area contributed by atoms with Gasteiger partial charge in [-0.2, -0.15) is 0 Å². The van der Waals surface area contributed by atoms with E-state index < -0.39 is 9.05 Å². The molecule has 0 atom stereocenters. The summed E-state index contributed by atoms with van der Waals surface area (Å²) in [7, 11) is 1.54. The Labute approximate surface area is 75.8 Å². The van der Waals surface area contributed by atoms with Crippen LogP contribution in [0, 0.1) is 0 Å². The molecular weight excluding hydrogens is 200 g/mol. The highest BCUT2D eigenvalue weighted by Crippen LogP contribution is 2.13. The molecule has 0 spiro atoms. The van der Waals surface area contributed by atoms with E-state index in [-0.39, 0.29) is 5.75 Å². The third kappa shape index (κ3) is 2.87. The molecule has 0 unspecified atom stereocenters. The van der Waals surface area contributed by atoms with E-state index in [4.69, 9.17) is 15.1 Å². The molecule has 0 fully saturated rings. The van der Waals surface area contributed by atoms with E-state index in [1.807, 2.05) is 6.92 Å². The maximum atomic E-state index is 10.6. The van der Waals surface area contributed by atoms with E-state index >= 15 is 0 Å². The molecule has 68 valence electrons. The zero-order valence-corrected chi connectivity index (χ0v) is 8.15. The fourth-order valence-electron chi connectivity index (χ4n) is 0.860. The summed E-state index contributed by atoms with van der Waals surface area (Å²) in [5.41, 5.74) is 0. The van der Waals surface area contributed by atoms with Crippen molar-refractivity contribution in [1.82, 2.24) is 0 Å². The van der Waals surface area contributed by atoms with Crippen LogP contribution in [0.15, 0.2) is 16.5 Å². The van der Waals surface area contributed by atoms with Gasteiger partial charge < -0.3 is 4.42 Å². The molecule has 0 aromatic carbocycles. The van der Waals surface area contributed by atoms with E-state index in [1.165, 1.54) is 0 Å². The molecule has 0 amide bonds. The highest BCUT2D eigenvalue weighted by atomic mass is 35.7. The van der Waals surface area contributed by atoms with Crippen LogP contribution in [0.5, 0.6) is 0 Å². The van der Waals surface area contributed by atoms with Gasteiger partial charge in [-0.1, -0.05) is 6.92 Å². The van der Waals surface area contributed by atoms with Crippen molar-refractivity contribution in [1.29, 1.82) is 0 Å². The third-order valence-electron chi connectivity index (χ3n) is 1.38. The van der Waals surface area contributed by atoms with Crippen LogP contribution in [0.25, 0.3) is 0 Å². The Balaban J connectivity index is 2.78. The van der Waals surface area contributed by atoms with Crippen molar-refractivity contribution in [2.75, 3.05) is 0 Å². The number of rotatable bonds is 3. The largest absolute Gasteiger partial charge is 0.465 e. The Hall–Kier alpha value is -0.480. The summed E-state index contributed by atoms with van der Waals surface area (Å²) in [5.74, 6) is 0.918. The van der Waals surface area contributed by atoms with Crippen LogP contribution in [0.3, 0.4) is 0 Å². The van der Waals surface area contributed by atoms with Gasteiger partial charge in [0, 0.05) is 17.1 Å². The zero-order valence-electron chi connectivity index (χ0n) is 6.58. The average molecular weight is 209 g/mol. The Bertz CT molecular complexity index is 352. The smallest absolute Gasteiger partial charge is 0.239 e. The fraction of sp³-hybridized carbons (Fsp3) is 0.429. The van der Waals surface area contributed by atoms with Gasteiger partial charge in [0.1, 0.15) is 17.3 Å². The molecule has 1 aromatic heterocycles. The lowest BCUT2D eigenvalue weighted by molar-refractivity contribution is 0.482. The molecule has 0 radical (unpaired) electrons. The average Bonchev–Trinajstić information content (AvgIpc) is 2.32. The summed E-state index contributed by atoms with van der Waals surface area (Å²) in [6.45, 7) is 1.93. The van der Waals surface area contributed by atoms with Gasteiger partial charge in [-0.25, -0.2) is 8.42 Å². The SMILES string of the molecule is CCc1ccc(CS(=O)(=O)Cl)o1. The predicted octanol–water partition coefficient (Wildman–Crippen LogP) is 1.91. The molecule has 0 bridgehead atoms. The first-order chi connectivity index (χ1) is 5.51. The minimum atomic E-state index is -3.49. The van der Waals surface area contributed by atoms with Gasteiger partial charge in [-0.15, -0.1) is 0 Å². The molecule has 0 aliphatic heterocycles. The molecule has 0 saturated carbocycles. The first kappa shape index (κ1) is 9.61. The lowest BCUT2D eigenvalue weighted by Crippen LogP contribution is -1.92. The van der Waals surface area contributed by atoms with Crippen LogP contribution in [-0.2, 0) is 21.2 Å². The van der Waals surface area contributed by atoms with Crippen LogP contribution in [0.4, 0.5) is 0 Å². The molecule has 1 aromatic rings. The van der Waals surface area contributed by atoms with Gasteiger partial charge in [0.05, 0.1) is 0 Å². The van der Waals surface area contributed by atoms with Gasteiger partial charge in [-0.05, 0) is 12.1 Å². The summed E-state index contributed by atoms with van der Waals surface area (Å²) in [5, 5.41) is 0. The first-order valence-corrected chi connectivity index (χ1v) is 5.99. The second-order valence-electron chi connectivity index (χ2n) is 2.40. The van der Waals surface area contributed by atoms with E-state index in [1.54, 1.807) is 12.1 Å². The number of halogens is 1. The molecule has 0 aliphatic carbocycles. The highest BCUT2D eigenvalue weighted by molar-refractivity contribution is 8.13. The van der Waals surface area contributed by atoms with Gasteiger partial charge in [0.2, 0.25) is 9.05 Å². The highest BCUT2D eigenvalue weighted by Gasteiger charge is 2.10. The van der Waals surface area contributed by atoms with Crippen molar-refractivity contribution >= 4 is 19.7 Å². The van der Waals surface area contributed by atoms with Crippen LogP contribution < -0.4 is 0 Å². The second-order valence-corrected chi connectivity index (χ2v) is 5.18. The Kier molecular flexibility index (Phi) is 2.80. The minimum absolute atomic E-state index is 0.242. The summed E-state index contributed by atoms with van der Waals surface area (Å²) >= 11 is 0. The fourth-order valence-corrected chi connectivity index (χ4v) is 1.68. The minimum Gasteiger partial charge on any atom is -0.465 e. The Morgan fingerprint density at radius 1 is 1.42 bits per heavy atom. The predicted molar refractivity (Wildman–Crippen MR) is 46.6 cm³/mol. The number of hydrogen-bond donors (Lipinski definition) is 0. The van der Waals surface area contributed by atoms with Crippen LogP contribution in [0.1, 0.15) is 18.4 Å². The van der Waals surface area contributed by atoms with Crippen molar-refractivity contribution in [3.05, 3.63) is 23.7 Å². The maximum Gasteiger partial charge on any atom is 0.239 e. The lowest BCUT2D eigenvalue weighted by atomic mass is 10.4. The van der Waals surface area contributed by atoms with Gasteiger partial charge in [0.15, 0.2) is 0 Å². The summed E-state index contributed by atoms with van der Waals surface area (Å²) in [6.07, 6.45) is 0.752. The topological polar surface area (TPSA) is 47.3 Å². The Morgan fingerprint density at radius 3 is 2.42 bits per heavy atom. The standard InChI is InChI=1S/C7H9ClO3S/c1-2-6-3-4-7(11-6)5-12(8,9)10/h3-4H,2,5H2,1H3. The summed E-state index contributed by atoms with van der Waals surface area (Å²) in [6, 6.07) is 3.37. The van der Waals surface area contributed by atoms with Crippen LogP contribution in [-0.4, -0.2) is 8.42 Å². The normalized spacial score (nSPS) is 11.8. The van der Waals surface area contributed by atoms with E-state index in [9.17, 15) is 8.42 Å². The summed E-state index contributed by atoms with van der Waals surface area (Å²) in [4.78, 5) is 0. The van der Waals surface area contributed by atoms with Crippen molar-refractivity contribution in [2.24, 2.45) is 0 Å². The van der Waals surface area contributed by atoms with Crippen molar-refractivity contribution in [3.8, 4) is 0 Å². The van der Waals surface area contributed by atoms with Crippen molar-refractivity contribution < 1.29 is 12.8 Å².